The van der Waals surface area contributed by atoms with E-state index in [-0.39, 0.29) is 5.82 Å². The van der Waals surface area contributed by atoms with Crippen molar-refractivity contribution < 1.29 is 4.39 Å². The van der Waals surface area contributed by atoms with Crippen molar-refractivity contribution >= 4 is 21.6 Å². The minimum atomic E-state index is -0.100. The molecule has 1 heterocycles. The Bertz CT molecular complexity index is 325. The molecule has 0 spiro atoms. The molecule has 1 aliphatic heterocycles. The molecule has 3 heteroatoms. The van der Waals surface area contributed by atoms with Gasteiger partial charge in [-0.25, -0.2) is 4.39 Å². The van der Waals surface area contributed by atoms with E-state index in [0.29, 0.717) is 4.47 Å². The van der Waals surface area contributed by atoms with E-state index in [1.54, 1.807) is 6.07 Å². The molecule has 0 amide bonds. The first-order chi connectivity index (χ1) is 5.70. The number of rotatable bonds is 0. The van der Waals surface area contributed by atoms with E-state index >= 15 is 0 Å². The maximum absolute atomic E-state index is 13.4. The van der Waals surface area contributed by atoms with Crippen LogP contribution in [0.3, 0.4) is 0 Å². The zero-order chi connectivity index (χ0) is 8.72. The first-order valence-corrected chi connectivity index (χ1v) is 4.67. The molecule has 1 nitrogen and oxygen atoms in total. The number of likely N-dealkylation sites (N-methyl/N-ethyl adjacent to an activating group) is 1. The molecule has 64 valence electrons. The fourth-order valence-electron chi connectivity index (χ4n) is 1.58. The molecule has 12 heavy (non-hydrogen) atoms. The second-order valence-corrected chi connectivity index (χ2v) is 3.88. The van der Waals surface area contributed by atoms with Gasteiger partial charge in [-0.15, -0.1) is 0 Å². The van der Waals surface area contributed by atoms with Gasteiger partial charge in [-0.3, -0.25) is 0 Å². The predicted octanol–water partition coefficient (Wildman–Crippen LogP) is 2.58. The number of hydrogen-bond acceptors (Lipinski definition) is 1. The average molecular weight is 230 g/mol. The number of benzene rings is 1. The van der Waals surface area contributed by atoms with Gasteiger partial charge in [-0.1, -0.05) is 0 Å². The van der Waals surface area contributed by atoms with E-state index in [1.807, 2.05) is 13.1 Å². The molecule has 0 saturated carbocycles. The zero-order valence-electron chi connectivity index (χ0n) is 6.77. The molecule has 0 atom stereocenters. The lowest BCUT2D eigenvalue weighted by atomic mass is 10.1. The molecular formula is C9H9BrFN. The fourth-order valence-corrected chi connectivity index (χ4v) is 1.95. The lowest BCUT2D eigenvalue weighted by molar-refractivity contribution is 0.609. The summed E-state index contributed by atoms with van der Waals surface area (Å²) >= 11 is 3.18. The third-order valence-electron chi connectivity index (χ3n) is 2.28. The van der Waals surface area contributed by atoms with Crippen molar-refractivity contribution in [2.45, 2.75) is 6.42 Å². The molecule has 0 unspecified atom stereocenters. The van der Waals surface area contributed by atoms with Crippen LogP contribution in [0.4, 0.5) is 10.1 Å². The van der Waals surface area contributed by atoms with Gasteiger partial charge in [0.15, 0.2) is 0 Å². The summed E-state index contributed by atoms with van der Waals surface area (Å²) in [6, 6.07) is 3.71. The summed E-state index contributed by atoms with van der Waals surface area (Å²) in [5.41, 5.74) is 1.86. The van der Waals surface area contributed by atoms with E-state index in [2.05, 4.69) is 20.8 Å². The SMILES string of the molecule is CN1CCc2c1ccc(Br)c2F. The second-order valence-electron chi connectivity index (χ2n) is 3.03. The molecule has 0 saturated heterocycles. The number of hydrogen-bond donors (Lipinski definition) is 0. The van der Waals surface area contributed by atoms with Crippen LogP contribution in [-0.4, -0.2) is 13.6 Å². The van der Waals surface area contributed by atoms with Gasteiger partial charge in [0.1, 0.15) is 5.82 Å². The van der Waals surface area contributed by atoms with Crippen molar-refractivity contribution in [2.75, 3.05) is 18.5 Å². The second kappa shape index (κ2) is 2.73. The lowest BCUT2D eigenvalue weighted by Crippen LogP contribution is -2.12. The van der Waals surface area contributed by atoms with Gasteiger partial charge < -0.3 is 4.90 Å². The van der Waals surface area contributed by atoms with Crippen LogP contribution in [0.5, 0.6) is 0 Å². The van der Waals surface area contributed by atoms with E-state index in [4.69, 9.17) is 0 Å². The Morgan fingerprint density at radius 3 is 3.00 bits per heavy atom. The van der Waals surface area contributed by atoms with Gasteiger partial charge in [0.05, 0.1) is 4.47 Å². The van der Waals surface area contributed by atoms with Crippen LogP contribution in [0.2, 0.25) is 0 Å². The Hall–Kier alpha value is -0.570. The third kappa shape index (κ3) is 1.04. The van der Waals surface area contributed by atoms with Crippen molar-refractivity contribution in [3.8, 4) is 0 Å². The summed E-state index contributed by atoms with van der Waals surface area (Å²) in [7, 11) is 1.99. The maximum Gasteiger partial charge on any atom is 0.142 e. The fraction of sp³-hybridized carbons (Fsp3) is 0.333. The standard InChI is InChI=1S/C9H9BrFN/c1-12-5-4-6-8(12)3-2-7(10)9(6)11/h2-3H,4-5H2,1H3. The molecule has 0 N–H and O–H groups in total. The van der Waals surface area contributed by atoms with Crippen molar-refractivity contribution in [3.05, 3.63) is 28.0 Å². The van der Waals surface area contributed by atoms with Gasteiger partial charge >= 0.3 is 0 Å². The van der Waals surface area contributed by atoms with Gasteiger partial charge in [-0.2, -0.15) is 0 Å². The molecule has 1 aromatic carbocycles. The summed E-state index contributed by atoms with van der Waals surface area (Å²) in [5.74, 6) is -0.100. The molecule has 0 radical (unpaired) electrons. The summed E-state index contributed by atoms with van der Waals surface area (Å²) in [6.45, 7) is 0.919. The largest absolute Gasteiger partial charge is 0.374 e. The van der Waals surface area contributed by atoms with Gasteiger partial charge in [-0.05, 0) is 34.5 Å². The molecule has 2 rings (SSSR count). The van der Waals surface area contributed by atoms with Crippen LogP contribution in [0.25, 0.3) is 0 Å². The van der Waals surface area contributed by atoms with Gasteiger partial charge in [0, 0.05) is 24.8 Å². The molecular weight excluding hydrogens is 221 g/mol. The van der Waals surface area contributed by atoms with Gasteiger partial charge in [0.2, 0.25) is 0 Å². The van der Waals surface area contributed by atoms with E-state index in [0.717, 1.165) is 24.2 Å². The molecule has 1 aliphatic rings. The van der Waals surface area contributed by atoms with Crippen molar-refractivity contribution in [1.82, 2.24) is 0 Å². The minimum Gasteiger partial charge on any atom is -0.374 e. The van der Waals surface area contributed by atoms with Crippen LogP contribution in [0.1, 0.15) is 5.56 Å². The number of nitrogens with zero attached hydrogens (tertiary/aromatic N) is 1. The first-order valence-electron chi connectivity index (χ1n) is 3.88. The Balaban J connectivity index is 2.60. The zero-order valence-corrected chi connectivity index (χ0v) is 8.36. The molecule has 0 bridgehead atoms. The number of fused-ring (bicyclic) bond motifs is 1. The highest BCUT2D eigenvalue weighted by molar-refractivity contribution is 9.10. The summed E-state index contributed by atoms with van der Waals surface area (Å²) in [6.07, 6.45) is 0.817. The van der Waals surface area contributed by atoms with E-state index in [1.165, 1.54) is 0 Å². The third-order valence-corrected chi connectivity index (χ3v) is 2.89. The van der Waals surface area contributed by atoms with Crippen molar-refractivity contribution in [2.24, 2.45) is 0 Å². The van der Waals surface area contributed by atoms with Crippen molar-refractivity contribution in [3.63, 3.8) is 0 Å². The topological polar surface area (TPSA) is 3.24 Å². The summed E-state index contributed by atoms with van der Waals surface area (Å²) in [5, 5.41) is 0. The van der Waals surface area contributed by atoms with Gasteiger partial charge in [0.25, 0.3) is 0 Å². The lowest BCUT2D eigenvalue weighted by Gasteiger charge is -2.11. The Morgan fingerprint density at radius 2 is 2.25 bits per heavy atom. The van der Waals surface area contributed by atoms with E-state index in [9.17, 15) is 4.39 Å². The van der Waals surface area contributed by atoms with Crippen LogP contribution < -0.4 is 4.90 Å². The predicted molar refractivity (Wildman–Crippen MR) is 51.1 cm³/mol. The van der Waals surface area contributed by atoms with Crippen LogP contribution in [-0.2, 0) is 6.42 Å². The number of anilines is 1. The highest BCUT2D eigenvalue weighted by Gasteiger charge is 2.20. The molecule has 0 fully saturated rings. The van der Waals surface area contributed by atoms with E-state index < -0.39 is 0 Å². The first kappa shape index (κ1) is 8.05. The minimum absolute atomic E-state index is 0.100. The Kier molecular flexibility index (Phi) is 1.83. The molecule has 0 aromatic heterocycles. The summed E-state index contributed by atoms with van der Waals surface area (Å²) < 4.78 is 14.0. The van der Waals surface area contributed by atoms with Crippen LogP contribution in [0.15, 0.2) is 16.6 Å². The molecule has 0 aliphatic carbocycles. The normalized spacial score (nSPS) is 15.1. The Morgan fingerprint density at radius 1 is 1.50 bits per heavy atom. The van der Waals surface area contributed by atoms with Crippen LogP contribution in [0, 0.1) is 5.82 Å². The maximum atomic E-state index is 13.4. The highest BCUT2D eigenvalue weighted by atomic mass is 79.9. The average Bonchev–Trinajstić information content (AvgIpc) is 2.41. The highest BCUT2D eigenvalue weighted by Crippen LogP contribution is 2.32. The smallest absolute Gasteiger partial charge is 0.142 e. The quantitative estimate of drug-likeness (QED) is 0.662. The number of halogens is 2. The monoisotopic (exact) mass is 229 g/mol. The van der Waals surface area contributed by atoms with Crippen LogP contribution >= 0.6 is 15.9 Å². The molecule has 1 aromatic rings. The Labute approximate surface area is 79.3 Å². The van der Waals surface area contributed by atoms with Crippen molar-refractivity contribution in [1.29, 1.82) is 0 Å². The summed E-state index contributed by atoms with van der Waals surface area (Å²) in [4.78, 5) is 2.07.